The summed E-state index contributed by atoms with van der Waals surface area (Å²) in [5, 5.41) is 79.8. The molecule has 0 amide bonds. The maximum Gasteiger partial charge on any atom is 0.397 e. The van der Waals surface area contributed by atoms with Gasteiger partial charge in [-0.2, -0.15) is 46.6 Å². The Hall–Kier alpha value is -6.33. The van der Waals surface area contributed by atoms with E-state index >= 15 is 0 Å². The zero-order valence-corrected chi connectivity index (χ0v) is 40.6. The van der Waals surface area contributed by atoms with Gasteiger partial charge in [0.05, 0.1) is 75.0 Å². The second kappa shape index (κ2) is 23.0. The van der Waals surface area contributed by atoms with E-state index in [9.17, 15) is 58.3 Å². The number of carboxylic acid groups (broad SMARTS) is 1. The van der Waals surface area contributed by atoms with E-state index < -0.39 is 92.3 Å². The van der Waals surface area contributed by atoms with Gasteiger partial charge in [0.2, 0.25) is 17.5 Å². The lowest BCUT2D eigenvalue weighted by Crippen LogP contribution is -2.15. The highest BCUT2D eigenvalue weighted by molar-refractivity contribution is 7.94. The van der Waals surface area contributed by atoms with Gasteiger partial charge in [0.1, 0.15) is 4.90 Å². The van der Waals surface area contributed by atoms with Crippen molar-refractivity contribution < 1.29 is 101 Å². The summed E-state index contributed by atoms with van der Waals surface area (Å²) >= 11 is 0.527. The fourth-order valence-corrected chi connectivity index (χ4v) is 10.2. The average Bonchev–Trinajstić information content (AvgIpc) is 3.81. The first kappa shape index (κ1) is 55.0. The van der Waals surface area contributed by atoms with Crippen LogP contribution in [-0.4, -0.2) is 119 Å². The lowest BCUT2D eigenvalue weighted by Gasteiger charge is -2.12. The number of aromatic carboxylic acids is 1. The summed E-state index contributed by atoms with van der Waals surface area (Å²) in [7, 11) is -18.0. The molecule has 2 heterocycles. The number of azo groups is 2. The molecule has 7 N–H and O–H groups in total. The van der Waals surface area contributed by atoms with Crippen LogP contribution in [0.15, 0.2) is 125 Å². The Bertz CT molecular complexity index is 3500. The van der Waals surface area contributed by atoms with Crippen LogP contribution < -0.4 is 0 Å². The Labute approximate surface area is 413 Å². The van der Waals surface area contributed by atoms with E-state index in [1.807, 2.05) is 0 Å². The maximum atomic E-state index is 12.8. The van der Waals surface area contributed by atoms with Crippen molar-refractivity contribution in [2.45, 2.75) is 26.5 Å². The minimum absolute atomic E-state index is 0.0105. The van der Waals surface area contributed by atoms with Crippen LogP contribution in [0.3, 0.4) is 0 Å². The molecule has 6 aromatic rings. The van der Waals surface area contributed by atoms with Gasteiger partial charge in [0.25, 0.3) is 10.1 Å². The molecule has 72 heavy (non-hydrogen) atoms. The van der Waals surface area contributed by atoms with E-state index in [0.717, 1.165) is 41.1 Å². The minimum Gasteiger partial charge on any atom is -0.492 e. The van der Waals surface area contributed by atoms with E-state index in [1.54, 1.807) is 0 Å². The number of aromatic hydroxyl groups is 2. The second-order valence-electron chi connectivity index (χ2n) is 13.8. The Balaban J connectivity index is 1.25. The normalized spacial score (nSPS) is 12.6. The molecule has 0 spiro atoms. The van der Waals surface area contributed by atoms with Gasteiger partial charge < -0.3 is 15.3 Å². The standard InChI is InChI=1S/C36H32N8O22S6/c1-20-31(34(45)43(41-20)23-4-8-26(9-5-23)70(53,54)17-15-62-72(58,59)60)39-37-21-2-12-27(29(18-21)67-65-63-49)28-13-3-22(19-30(28)71(55,56)57)38-40-32-33(36(47)48)42-44(35(32)46)24-6-10-25(11-7-24)69(51,52)16-14-61-68-66-64-50/h2-13,18-19,45-46,49-50H,14-17H2,1H3,(H,47,48)(H,55,56,57)(H,58,59,60). The Kier molecular flexibility index (Phi) is 17.6. The van der Waals surface area contributed by atoms with Crippen molar-refractivity contribution >= 4 is 93.3 Å². The number of carboxylic acids is 1. The highest BCUT2D eigenvalue weighted by Crippen LogP contribution is 2.41. The molecular formula is C36H32N8O22S6. The first-order valence-corrected chi connectivity index (χ1v) is 26.6. The van der Waals surface area contributed by atoms with Gasteiger partial charge >= 0.3 is 16.4 Å². The van der Waals surface area contributed by atoms with Crippen LogP contribution in [0.4, 0.5) is 22.7 Å². The number of hydrogen-bond donors (Lipinski definition) is 7. The summed E-state index contributed by atoms with van der Waals surface area (Å²) in [6.07, 6.45) is 0. The van der Waals surface area contributed by atoms with Crippen molar-refractivity contribution in [1.29, 1.82) is 0 Å². The van der Waals surface area contributed by atoms with Gasteiger partial charge in [-0.1, -0.05) is 22.2 Å². The van der Waals surface area contributed by atoms with Crippen LogP contribution in [0.25, 0.3) is 22.5 Å². The fourth-order valence-electron chi connectivity index (χ4n) is 6.05. The zero-order chi connectivity index (χ0) is 52.6. The summed E-state index contributed by atoms with van der Waals surface area (Å²) < 4.78 is 136. The number of benzene rings is 4. The van der Waals surface area contributed by atoms with Crippen LogP contribution in [0.1, 0.15) is 16.2 Å². The third-order valence-corrected chi connectivity index (χ3v) is 15.0. The van der Waals surface area contributed by atoms with E-state index in [4.69, 9.17) is 19.3 Å². The summed E-state index contributed by atoms with van der Waals surface area (Å²) in [6.45, 7) is 0.242. The molecule has 0 bridgehead atoms. The zero-order valence-electron chi connectivity index (χ0n) is 35.7. The molecule has 6 rings (SSSR count). The first-order valence-electron chi connectivity index (χ1n) is 19.1. The van der Waals surface area contributed by atoms with Gasteiger partial charge in [0.15, 0.2) is 43.4 Å². The van der Waals surface area contributed by atoms with Gasteiger partial charge in [0, 0.05) is 10.5 Å². The summed E-state index contributed by atoms with van der Waals surface area (Å²) in [5.41, 5.74) is -1.89. The quantitative estimate of drug-likeness (QED) is 0.00910. The van der Waals surface area contributed by atoms with Crippen molar-refractivity contribution in [3.05, 3.63) is 96.3 Å². The topological polar surface area (TPSA) is 436 Å². The number of aryl methyl sites for hydroxylation is 1. The maximum absolute atomic E-state index is 12.8. The third-order valence-electron chi connectivity index (χ3n) is 9.23. The highest BCUT2D eigenvalue weighted by atomic mass is 32.3. The predicted molar refractivity (Wildman–Crippen MR) is 243 cm³/mol. The molecule has 0 aliphatic rings. The van der Waals surface area contributed by atoms with Gasteiger partial charge in [-0.25, -0.2) is 36.3 Å². The van der Waals surface area contributed by atoms with Crippen molar-refractivity contribution in [1.82, 2.24) is 19.6 Å². The minimum atomic E-state index is -5.12. The number of rotatable bonds is 24. The number of aromatic nitrogens is 4. The van der Waals surface area contributed by atoms with Crippen LogP contribution in [0.2, 0.25) is 0 Å². The molecule has 0 saturated heterocycles. The molecule has 0 aliphatic heterocycles. The Morgan fingerprint density at radius 1 is 0.653 bits per heavy atom. The molecule has 2 aromatic heterocycles. The third kappa shape index (κ3) is 13.6. The van der Waals surface area contributed by atoms with Crippen LogP contribution in [0, 0.1) is 6.92 Å². The monoisotopic (exact) mass is 1120 g/mol. The molecular weight excluding hydrogens is 1090 g/mol. The SMILES string of the molecule is Cc1nn(-c2ccc(S(=O)(=O)CCOS(=O)(=O)O)cc2)c(O)c1N=Nc1ccc(-c2ccc(N=Nc3c(C(=O)O)nn(-c4ccc(S(=O)(=O)CCOSOOO)cc4)c3O)cc2S(=O)(=O)O)c(SOOO)c1. The highest BCUT2D eigenvalue weighted by Gasteiger charge is 2.26. The van der Waals surface area contributed by atoms with Crippen molar-refractivity contribution in [3.63, 3.8) is 0 Å². The van der Waals surface area contributed by atoms with Crippen molar-refractivity contribution in [3.8, 4) is 34.3 Å². The van der Waals surface area contributed by atoms with E-state index in [-0.39, 0.29) is 78.9 Å². The van der Waals surface area contributed by atoms with Gasteiger partial charge in [-0.3, -0.25) is 13.3 Å². The van der Waals surface area contributed by atoms with Crippen molar-refractivity contribution in [2.24, 2.45) is 20.5 Å². The molecule has 0 unspecified atom stereocenters. The first-order chi connectivity index (χ1) is 33.9. The molecule has 0 saturated carbocycles. The van der Waals surface area contributed by atoms with Crippen molar-refractivity contribution in [2.75, 3.05) is 24.7 Å². The number of carbonyl (C=O) groups is 1. The van der Waals surface area contributed by atoms with E-state index in [0.29, 0.717) is 16.7 Å². The lowest BCUT2D eigenvalue weighted by atomic mass is 10.0. The molecule has 30 nitrogen and oxygen atoms in total. The van der Waals surface area contributed by atoms with Gasteiger partial charge in [-0.05, 0) is 85.3 Å². The molecule has 384 valence electrons. The average molecular weight is 1120 g/mol. The van der Waals surface area contributed by atoms with Crippen LogP contribution >= 0.6 is 24.4 Å². The largest absolute Gasteiger partial charge is 0.492 e. The number of nitrogens with zero attached hydrogens (tertiary/aromatic N) is 8. The number of sulfone groups is 2. The molecule has 0 fully saturated rings. The Morgan fingerprint density at radius 2 is 1.17 bits per heavy atom. The van der Waals surface area contributed by atoms with E-state index in [1.165, 1.54) is 55.5 Å². The predicted octanol–water partition coefficient (Wildman–Crippen LogP) is 6.02. The number of hydrogen-bond acceptors (Lipinski definition) is 27. The molecule has 36 heteroatoms. The summed E-state index contributed by atoms with van der Waals surface area (Å²) in [5.74, 6) is -4.42. The summed E-state index contributed by atoms with van der Waals surface area (Å²) in [4.78, 5) is 10.9. The smallest absolute Gasteiger partial charge is 0.397 e. The fraction of sp³-hybridized carbons (Fsp3) is 0.139. The second-order valence-corrected chi connectivity index (χ2v) is 21.7. The summed E-state index contributed by atoms with van der Waals surface area (Å²) in [6, 6.07) is 16.6. The molecule has 0 aliphatic carbocycles. The van der Waals surface area contributed by atoms with E-state index in [2.05, 4.69) is 53.6 Å². The lowest BCUT2D eigenvalue weighted by molar-refractivity contribution is -0.434. The van der Waals surface area contributed by atoms with Crippen LogP contribution in [-0.2, 0) is 67.3 Å². The molecule has 4 aromatic carbocycles. The van der Waals surface area contributed by atoms with Crippen LogP contribution in [0.5, 0.6) is 11.8 Å². The molecule has 0 radical (unpaired) electrons. The Morgan fingerprint density at radius 3 is 1.71 bits per heavy atom. The van der Waals surface area contributed by atoms with Gasteiger partial charge in [-0.15, -0.1) is 18.9 Å². The molecule has 0 atom stereocenters.